The second-order valence-electron chi connectivity index (χ2n) is 5.82. The number of carbonyl (C=O) groups excluding carboxylic acids is 2. The number of benzene rings is 1. The van der Waals surface area contributed by atoms with Gasteiger partial charge in [0, 0.05) is 12.7 Å². The molecule has 2 heterocycles. The number of para-hydroxylation sites is 2. The lowest BCUT2D eigenvalue weighted by molar-refractivity contribution is -0.127. The third-order valence-electron chi connectivity index (χ3n) is 3.86. The van der Waals surface area contributed by atoms with Crippen LogP contribution >= 0.6 is 0 Å². The quantitative estimate of drug-likeness (QED) is 0.916. The number of aromatic nitrogens is 2. The molecule has 0 spiro atoms. The van der Waals surface area contributed by atoms with Gasteiger partial charge in [0.25, 0.3) is 11.8 Å². The van der Waals surface area contributed by atoms with Gasteiger partial charge < -0.3 is 10.1 Å². The van der Waals surface area contributed by atoms with E-state index in [1.54, 1.807) is 31.3 Å². The van der Waals surface area contributed by atoms with Crippen LogP contribution in [0.2, 0.25) is 0 Å². The summed E-state index contributed by atoms with van der Waals surface area (Å²) in [6, 6.07) is 7.16. The van der Waals surface area contributed by atoms with Crippen LogP contribution in [0.15, 0.2) is 36.7 Å². The summed E-state index contributed by atoms with van der Waals surface area (Å²) in [5.74, 6) is -0.0421. The molecule has 1 atom stereocenters. The minimum absolute atomic E-state index is 0.126. The SMILES string of the molecule is CCCNC(=O)[C@H]1CN(C(=O)c2cnc(C)cn2)c2ccccc2O1. The van der Waals surface area contributed by atoms with Crippen molar-refractivity contribution in [3.05, 3.63) is 48.0 Å². The maximum absolute atomic E-state index is 12.9. The van der Waals surface area contributed by atoms with Crippen molar-refractivity contribution >= 4 is 17.5 Å². The Kier molecular flexibility index (Phi) is 4.92. The zero-order valence-corrected chi connectivity index (χ0v) is 14.2. The molecule has 3 rings (SSSR count). The summed E-state index contributed by atoms with van der Waals surface area (Å²) >= 11 is 0. The van der Waals surface area contributed by atoms with E-state index in [-0.39, 0.29) is 24.1 Å². The number of hydrogen-bond acceptors (Lipinski definition) is 5. The van der Waals surface area contributed by atoms with Crippen molar-refractivity contribution in [2.75, 3.05) is 18.0 Å². The molecule has 25 heavy (non-hydrogen) atoms. The third kappa shape index (κ3) is 3.60. The summed E-state index contributed by atoms with van der Waals surface area (Å²) in [4.78, 5) is 35.0. The molecule has 0 aliphatic carbocycles. The molecule has 7 heteroatoms. The molecule has 7 nitrogen and oxygen atoms in total. The van der Waals surface area contributed by atoms with Crippen LogP contribution in [0.25, 0.3) is 0 Å². The smallest absolute Gasteiger partial charge is 0.278 e. The van der Waals surface area contributed by atoms with Gasteiger partial charge in [0.2, 0.25) is 0 Å². The average molecular weight is 340 g/mol. The van der Waals surface area contributed by atoms with Crippen molar-refractivity contribution in [3.63, 3.8) is 0 Å². The molecular formula is C18H20N4O3. The lowest BCUT2D eigenvalue weighted by atomic mass is 10.1. The first-order valence-electron chi connectivity index (χ1n) is 8.24. The lowest BCUT2D eigenvalue weighted by Crippen LogP contribution is -2.51. The van der Waals surface area contributed by atoms with E-state index in [4.69, 9.17) is 4.74 Å². The molecule has 1 aromatic carbocycles. The molecule has 1 N–H and O–H groups in total. The van der Waals surface area contributed by atoms with Crippen molar-refractivity contribution in [1.29, 1.82) is 0 Å². The molecule has 1 aromatic heterocycles. The van der Waals surface area contributed by atoms with Crippen molar-refractivity contribution < 1.29 is 14.3 Å². The van der Waals surface area contributed by atoms with E-state index < -0.39 is 6.10 Å². The molecule has 0 saturated heterocycles. The molecule has 2 aromatic rings. The van der Waals surface area contributed by atoms with E-state index in [9.17, 15) is 9.59 Å². The number of rotatable bonds is 4. The highest BCUT2D eigenvalue weighted by atomic mass is 16.5. The Balaban J connectivity index is 1.89. The number of hydrogen-bond donors (Lipinski definition) is 1. The van der Waals surface area contributed by atoms with Crippen molar-refractivity contribution in [2.24, 2.45) is 0 Å². The number of nitrogens with one attached hydrogen (secondary N) is 1. The number of aryl methyl sites for hydroxylation is 1. The van der Waals surface area contributed by atoms with Crippen LogP contribution < -0.4 is 15.0 Å². The zero-order chi connectivity index (χ0) is 17.8. The molecule has 0 radical (unpaired) electrons. The third-order valence-corrected chi connectivity index (χ3v) is 3.86. The van der Waals surface area contributed by atoms with Gasteiger partial charge in [0.15, 0.2) is 6.10 Å². The highest BCUT2D eigenvalue weighted by Crippen LogP contribution is 2.33. The predicted octanol–water partition coefficient (Wildman–Crippen LogP) is 1.72. The molecule has 2 amide bonds. The maximum atomic E-state index is 12.9. The molecule has 0 unspecified atom stereocenters. The summed E-state index contributed by atoms with van der Waals surface area (Å²) in [5.41, 5.74) is 1.58. The number of fused-ring (bicyclic) bond motifs is 1. The van der Waals surface area contributed by atoms with E-state index in [0.29, 0.717) is 18.0 Å². The highest BCUT2D eigenvalue weighted by Gasteiger charge is 2.34. The summed E-state index contributed by atoms with van der Waals surface area (Å²) in [5, 5.41) is 2.81. The van der Waals surface area contributed by atoms with Crippen LogP contribution in [0.1, 0.15) is 29.5 Å². The predicted molar refractivity (Wildman–Crippen MR) is 92.6 cm³/mol. The molecule has 0 fully saturated rings. The fraction of sp³-hybridized carbons (Fsp3) is 0.333. The van der Waals surface area contributed by atoms with Gasteiger partial charge in [-0.25, -0.2) is 4.98 Å². The summed E-state index contributed by atoms with van der Waals surface area (Å²) < 4.78 is 5.78. The van der Waals surface area contributed by atoms with Crippen LogP contribution in [-0.2, 0) is 4.79 Å². The number of carbonyl (C=O) groups is 2. The highest BCUT2D eigenvalue weighted by molar-refractivity contribution is 6.06. The van der Waals surface area contributed by atoms with Gasteiger partial charge in [-0.3, -0.25) is 19.5 Å². The van der Waals surface area contributed by atoms with E-state index in [1.807, 2.05) is 13.0 Å². The fourth-order valence-electron chi connectivity index (χ4n) is 2.57. The van der Waals surface area contributed by atoms with Crippen LogP contribution in [-0.4, -0.2) is 41.0 Å². The zero-order valence-electron chi connectivity index (χ0n) is 14.2. The second-order valence-corrected chi connectivity index (χ2v) is 5.82. The van der Waals surface area contributed by atoms with Gasteiger partial charge in [-0.1, -0.05) is 19.1 Å². The number of nitrogens with zero attached hydrogens (tertiary/aromatic N) is 3. The van der Waals surface area contributed by atoms with E-state index >= 15 is 0 Å². The van der Waals surface area contributed by atoms with Gasteiger partial charge in [-0.2, -0.15) is 0 Å². The Hall–Kier alpha value is -2.96. The van der Waals surface area contributed by atoms with Gasteiger partial charge >= 0.3 is 0 Å². The summed E-state index contributed by atoms with van der Waals surface area (Å²) in [6.45, 7) is 4.47. The maximum Gasteiger partial charge on any atom is 0.278 e. The van der Waals surface area contributed by atoms with Crippen LogP contribution in [0.5, 0.6) is 5.75 Å². The van der Waals surface area contributed by atoms with Crippen molar-refractivity contribution in [1.82, 2.24) is 15.3 Å². The number of anilines is 1. The van der Waals surface area contributed by atoms with Gasteiger partial charge in [0.05, 0.1) is 24.1 Å². The molecule has 0 bridgehead atoms. The molecular weight excluding hydrogens is 320 g/mol. The van der Waals surface area contributed by atoms with Crippen LogP contribution in [0.3, 0.4) is 0 Å². The van der Waals surface area contributed by atoms with Crippen molar-refractivity contribution in [3.8, 4) is 5.75 Å². The number of ether oxygens (including phenoxy) is 1. The Morgan fingerprint density at radius 1 is 1.28 bits per heavy atom. The summed E-state index contributed by atoms with van der Waals surface area (Å²) in [7, 11) is 0. The first kappa shape index (κ1) is 16.9. The molecule has 1 aliphatic rings. The first-order chi connectivity index (χ1) is 12.1. The topological polar surface area (TPSA) is 84.4 Å². The number of amides is 2. The molecule has 0 saturated carbocycles. The first-order valence-corrected chi connectivity index (χ1v) is 8.24. The Labute approximate surface area is 146 Å². The van der Waals surface area contributed by atoms with Crippen LogP contribution in [0, 0.1) is 6.92 Å². The Bertz CT molecular complexity index is 776. The van der Waals surface area contributed by atoms with Gasteiger partial charge in [-0.15, -0.1) is 0 Å². The van der Waals surface area contributed by atoms with Gasteiger partial charge in [0.1, 0.15) is 11.4 Å². The standard InChI is InChI=1S/C18H20N4O3/c1-3-8-19-17(23)16-11-22(14-6-4-5-7-15(14)25-16)18(24)13-10-20-12(2)9-21-13/h4-7,9-10,16H,3,8,11H2,1-2H3,(H,19,23)/t16-/m1/s1. The largest absolute Gasteiger partial charge is 0.477 e. The molecule has 1 aliphatic heterocycles. The van der Waals surface area contributed by atoms with E-state index in [2.05, 4.69) is 15.3 Å². The second kappa shape index (κ2) is 7.29. The van der Waals surface area contributed by atoms with E-state index in [0.717, 1.165) is 12.1 Å². The van der Waals surface area contributed by atoms with Gasteiger partial charge in [-0.05, 0) is 25.5 Å². The monoisotopic (exact) mass is 340 g/mol. The van der Waals surface area contributed by atoms with E-state index in [1.165, 1.54) is 11.1 Å². The summed E-state index contributed by atoms with van der Waals surface area (Å²) in [6.07, 6.45) is 3.06. The average Bonchev–Trinajstić information content (AvgIpc) is 2.65. The molecule has 130 valence electrons. The van der Waals surface area contributed by atoms with Crippen molar-refractivity contribution in [2.45, 2.75) is 26.4 Å². The lowest BCUT2D eigenvalue weighted by Gasteiger charge is -2.33. The normalized spacial score (nSPS) is 15.9. The Morgan fingerprint density at radius 3 is 2.80 bits per heavy atom. The minimum Gasteiger partial charge on any atom is -0.477 e. The fourth-order valence-corrected chi connectivity index (χ4v) is 2.57. The Morgan fingerprint density at radius 2 is 2.08 bits per heavy atom. The van der Waals surface area contributed by atoms with Crippen LogP contribution in [0.4, 0.5) is 5.69 Å². The minimum atomic E-state index is -0.760.